The average Bonchev–Trinajstić information content (AvgIpc) is 2.56. The molecule has 0 heterocycles. The maximum Gasteiger partial charge on any atom is 0.251 e. The number of hydrogen-bond acceptors (Lipinski definition) is 2. The van der Waals surface area contributed by atoms with E-state index in [1.807, 2.05) is 37.3 Å². The predicted octanol–water partition coefficient (Wildman–Crippen LogP) is 3.34. The summed E-state index contributed by atoms with van der Waals surface area (Å²) in [6.07, 6.45) is 0. The van der Waals surface area contributed by atoms with Crippen LogP contribution in [0, 0.1) is 0 Å². The third-order valence-corrected chi connectivity index (χ3v) is 3.76. The lowest BCUT2D eigenvalue weighted by Gasteiger charge is -2.19. The number of halogens is 1. The zero-order chi connectivity index (χ0) is 16.8. The SMILES string of the molecule is CC(NC(=O)c1ccc(Cl)cc1)C(=O)NC(C)c1ccccc1. The first-order chi connectivity index (χ1) is 11.0. The molecular weight excluding hydrogens is 312 g/mol. The lowest BCUT2D eigenvalue weighted by molar-refractivity contribution is -0.123. The van der Waals surface area contributed by atoms with Gasteiger partial charge in [0, 0.05) is 10.6 Å². The summed E-state index contributed by atoms with van der Waals surface area (Å²) in [5, 5.41) is 6.12. The molecule has 2 amide bonds. The number of benzene rings is 2. The Morgan fingerprint density at radius 1 is 0.913 bits per heavy atom. The van der Waals surface area contributed by atoms with Crippen LogP contribution in [0.1, 0.15) is 35.8 Å². The Labute approximate surface area is 140 Å². The second kappa shape index (κ2) is 7.79. The number of nitrogens with one attached hydrogen (secondary N) is 2. The van der Waals surface area contributed by atoms with Crippen molar-refractivity contribution in [1.82, 2.24) is 10.6 Å². The summed E-state index contributed by atoms with van der Waals surface area (Å²) in [4.78, 5) is 24.3. The highest BCUT2D eigenvalue weighted by Gasteiger charge is 2.18. The van der Waals surface area contributed by atoms with Crippen LogP contribution >= 0.6 is 11.6 Å². The molecule has 2 unspecified atom stereocenters. The molecule has 4 nitrogen and oxygen atoms in total. The Hall–Kier alpha value is -2.33. The summed E-state index contributed by atoms with van der Waals surface area (Å²) in [5.74, 6) is -0.541. The van der Waals surface area contributed by atoms with Crippen LogP contribution in [-0.2, 0) is 4.79 Å². The Balaban J connectivity index is 1.92. The Bertz CT molecular complexity index is 671. The highest BCUT2D eigenvalue weighted by atomic mass is 35.5. The minimum Gasteiger partial charge on any atom is -0.348 e. The zero-order valence-corrected chi connectivity index (χ0v) is 13.8. The molecule has 0 aliphatic rings. The largest absolute Gasteiger partial charge is 0.348 e. The van der Waals surface area contributed by atoms with Crippen LogP contribution in [0.25, 0.3) is 0 Å². The molecule has 2 atom stereocenters. The standard InChI is InChI=1S/C18H19ClN2O2/c1-12(14-6-4-3-5-7-14)20-17(22)13(2)21-18(23)15-8-10-16(19)11-9-15/h3-13H,1-2H3,(H,20,22)(H,21,23). The summed E-state index contributed by atoms with van der Waals surface area (Å²) >= 11 is 5.79. The average molecular weight is 331 g/mol. The van der Waals surface area contributed by atoms with Crippen LogP contribution in [0.15, 0.2) is 54.6 Å². The fourth-order valence-corrected chi connectivity index (χ4v) is 2.24. The van der Waals surface area contributed by atoms with E-state index in [4.69, 9.17) is 11.6 Å². The number of hydrogen-bond donors (Lipinski definition) is 2. The van der Waals surface area contributed by atoms with E-state index < -0.39 is 6.04 Å². The molecule has 0 saturated heterocycles. The van der Waals surface area contributed by atoms with Gasteiger partial charge in [0.1, 0.15) is 6.04 Å². The summed E-state index contributed by atoms with van der Waals surface area (Å²) in [6.45, 7) is 3.56. The number of carbonyl (C=O) groups excluding carboxylic acids is 2. The molecule has 2 rings (SSSR count). The molecule has 0 aromatic heterocycles. The van der Waals surface area contributed by atoms with Crippen molar-refractivity contribution in [1.29, 1.82) is 0 Å². The van der Waals surface area contributed by atoms with Gasteiger partial charge in [0.25, 0.3) is 5.91 Å². The molecule has 0 saturated carbocycles. The molecule has 0 spiro atoms. The van der Waals surface area contributed by atoms with E-state index >= 15 is 0 Å². The maximum atomic E-state index is 12.2. The normalized spacial score (nSPS) is 13.0. The van der Waals surface area contributed by atoms with Gasteiger partial charge in [-0.3, -0.25) is 9.59 Å². The van der Waals surface area contributed by atoms with Crippen LogP contribution in [0.5, 0.6) is 0 Å². The van der Waals surface area contributed by atoms with Gasteiger partial charge in [0.05, 0.1) is 6.04 Å². The summed E-state index contributed by atoms with van der Waals surface area (Å²) < 4.78 is 0. The van der Waals surface area contributed by atoms with Gasteiger partial charge in [-0.2, -0.15) is 0 Å². The fourth-order valence-electron chi connectivity index (χ4n) is 2.11. The maximum absolute atomic E-state index is 12.2. The number of carbonyl (C=O) groups is 2. The molecule has 5 heteroatoms. The summed E-state index contributed by atoms with van der Waals surface area (Å²) in [5.41, 5.74) is 1.47. The van der Waals surface area contributed by atoms with Crippen molar-refractivity contribution >= 4 is 23.4 Å². The van der Waals surface area contributed by atoms with Crippen molar-refractivity contribution in [3.63, 3.8) is 0 Å². The molecular formula is C18H19ClN2O2. The third-order valence-electron chi connectivity index (χ3n) is 3.51. The minimum absolute atomic E-state index is 0.126. The molecule has 120 valence electrons. The van der Waals surface area contributed by atoms with E-state index in [0.29, 0.717) is 10.6 Å². The number of amides is 2. The molecule has 0 aliphatic heterocycles. The van der Waals surface area contributed by atoms with Gasteiger partial charge in [-0.1, -0.05) is 41.9 Å². The van der Waals surface area contributed by atoms with E-state index in [1.165, 1.54) is 0 Å². The second-order valence-corrected chi connectivity index (χ2v) is 5.78. The van der Waals surface area contributed by atoms with E-state index in [-0.39, 0.29) is 17.9 Å². The first-order valence-corrected chi connectivity index (χ1v) is 7.77. The van der Waals surface area contributed by atoms with Crippen LogP contribution < -0.4 is 10.6 Å². The number of rotatable bonds is 5. The first-order valence-electron chi connectivity index (χ1n) is 7.39. The highest BCUT2D eigenvalue weighted by molar-refractivity contribution is 6.30. The van der Waals surface area contributed by atoms with E-state index in [1.54, 1.807) is 31.2 Å². The molecule has 2 aromatic rings. The molecule has 2 aromatic carbocycles. The van der Waals surface area contributed by atoms with E-state index in [9.17, 15) is 9.59 Å². The van der Waals surface area contributed by atoms with Gasteiger partial charge < -0.3 is 10.6 Å². The Morgan fingerprint density at radius 3 is 2.13 bits per heavy atom. The van der Waals surface area contributed by atoms with Crippen molar-refractivity contribution in [2.45, 2.75) is 25.9 Å². The molecule has 0 radical (unpaired) electrons. The lowest BCUT2D eigenvalue weighted by Crippen LogP contribution is -2.45. The van der Waals surface area contributed by atoms with Crippen LogP contribution in [0.4, 0.5) is 0 Å². The monoisotopic (exact) mass is 330 g/mol. The smallest absolute Gasteiger partial charge is 0.251 e. The van der Waals surface area contributed by atoms with Gasteiger partial charge >= 0.3 is 0 Å². The summed E-state index contributed by atoms with van der Waals surface area (Å²) in [6, 6.07) is 15.4. The predicted molar refractivity (Wildman–Crippen MR) is 91.4 cm³/mol. The van der Waals surface area contributed by atoms with Crippen molar-refractivity contribution < 1.29 is 9.59 Å². The van der Waals surface area contributed by atoms with E-state index in [2.05, 4.69) is 10.6 Å². The molecule has 23 heavy (non-hydrogen) atoms. The van der Waals surface area contributed by atoms with Gasteiger partial charge in [0.15, 0.2) is 0 Å². The van der Waals surface area contributed by atoms with Gasteiger partial charge in [-0.25, -0.2) is 0 Å². The first kappa shape index (κ1) is 17.0. The van der Waals surface area contributed by atoms with Crippen molar-refractivity contribution in [3.8, 4) is 0 Å². The van der Waals surface area contributed by atoms with Gasteiger partial charge in [-0.05, 0) is 43.7 Å². The molecule has 2 N–H and O–H groups in total. The minimum atomic E-state index is -0.635. The van der Waals surface area contributed by atoms with Crippen LogP contribution in [-0.4, -0.2) is 17.9 Å². The second-order valence-electron chi connectivity index (χ2n) is 5.34. The topological polar surface area (TPSA) is 58.2 Å². The van der Waals surface area contributed by atoms with Gasteiger partial charge in [0.2, 0.25) is 5.91 Å². The van der Waals surface area contributed by atoms with Crippen LogP contribution in [0.2, 0.25) is 5.02 Å². The fraction of sp³-hybridized carbons (Fsp3) is 0.222. The van der Waals surface area contributed by atoms with Crippen molar-refractivity contribution in [2.75, 3.05) is 0 Å². The third kappa shape index (κ3) is 4.83. The van der Waals surface area contributed by atoms with Crippen molar-refractivity contribution in [2.24, 2.45) is 0 Å². The van der Waals surface area contributed by atoms with E-state index in [0.717, 1.165) is 5.56 Å². The summed E-state index contributed by atoms with van der Waals surface area (Å²) in [7, 11) is 0. The van der Waals surface area contributed by atoms with Gasteiger partial charge in [-0.15, -0.1) is 0 Å². The quantitative estimate of drug-likeness (QED) is 0.883. The van der Waals surface area contributed by atoms with Crippen LogP contribution in [0.3, 0.4) is 0 Å². The molecule has 0 fully saturated rings. The Kier molecular flexibility index (Phi) is 5.77. The lowest BCUT2D eigenvalue weighted by atomic mass is 10.1. The zero-order valence-electron chi connectivity index (χ0n) is 13.0. The van der Waals surface area contributed by atoms with Crippen molar-refractivity contribution in [3.05, 3.63) is 70.7 Å². The molecule has 0 aliphatic carbocycles. The Morgan fingerprint density at radius 2 is 1.52 bits per heavy atom. The highest BCUT2D eigenvalue weighted by Crippen LogP contribution is 2.12. The molecule has 0 bridgehead atoms.